The maximum atomic E-state index is 14.8. The van der Waals surface area contributed by atoms with Crippen LogP contribution in [0.25, 0.3) is 11.0 Å². The van der Waals surface area contributed by atoms with Crippen molar-refractivity contribution < 1.29 is 55.0 Å². The van der Waals surface area contributed by atoms with Crippen molar-refractivity contribution >= 4 is 44.9 Å². The number of amides is 4. The number of ether oxygens (including phenoxy) is 3. The first kappa shape index (κ1) is 43.9. The van der Waals surface area contributed by atoms with E-state index in [0.717, 1.165) is 0 Å². The van der Waals surface area contributed by atoms with E-state index < -0.39 is 86.4 Å². The third-order valence-electron chi connectivity index (χ3n) is 11.6. The summed E-state index contributed by atoms with van der Waals surface area (Å²) < 4.78 is 85.9. The molecule has 15 nitrogen and oxygen atoms in total. The number of methoxy groups -OCH3 is 1. The van der Waals surface area contributed by atoms with E-state index in [9.17, 15) is 40.8 Å². The molecule has 59 heavy (non-hydrogen) atoms. The zero-order valence-corrected chi connectivity index (χ0v) is 35.0. The Kier molecular flexibility index (Phi) is 12.2. The van der Waals surface area contributed by atoms with Crippen molar-refractivity contribution in [1.82, 2.24) is 30.2 Å². The third kappa shape index (κ3) is 9.54. The van der Waals surface area contributed by atoms with Crippen LogP contribution >= 0.6 is 0 Å². The summed E-state index contributed by atoms with van der Waals surface area (Å²) in [7, 11) is -2.48. The van der Waals surface area contributed by atoms with Gasteiger partial charge in [-0.05, 0) is 76.3 Å². The Bertz CT molecular complexity index is 2110. The highest BCUT2D eigenvalue weighted by atomic mass is 32.2. The molecule has 0 spiro atoms. The van der Waals surface area contributed by atoms with Crippen molar-refractivity contribution in [2.45, 2.75) is 133 Å². The Morgan fingerprint density at radius 3 is 2.41 bits per heavy atom. The number of nitrogens with zero attached hydrogens (tertiary/aromatic N) is 3. The van der Waals surface area contributed by atoms with Crippen LogP contribution in [-0.4, -0.2) is 102 Å². The molecule has 6 rings (SSSR count). The van der Waals surface area contributed by atoms with E-state index in [0.29, 0.717) is 68.4 Å². The second-order valence-electron chi connectivity index (χ2n) is 17.2. The van der Waals surface area contributed by atoms with E-state index in [1.165, 1.54) is 12.0 Å². The zero-order chi connectivity index (χ0) is 43.2. The van der Waals surface area contributed by atoms with Crippen molar-refractivity contribution in [3.05, 3.63) is 36.0 Å². The molecule has 7 unspecified atom stereocenters. The smallest absolute Gasteiger partial charge is 0.427 e. The van der Waals surface area contributed by atoms with E-state index in [1.54, 1.807) is 31.2 Å². The lowest BCUT2D eigenvalue weighted by Crippen LogP contribution is -2.59. The fourth-order valence-corrected chi connectivity index (χ4v) is 9.09. The maximum absolute atomic E-state index is 14.8. The fraction of sp³-hybridized carbons (Fsp3) is 0.650. The molecular weight excluding hydrogens is 798 g/mol. The average Bonchev–Trinajstić information content (AvgIpc) is 4.07. The van der Waals surface area contributed by atoms with Crippen molar-refractivity contribution in [3.8, 4) is 11.6 Å². The van der Waals surface area contributed by atoms with Gasteiger partial charge in [0.05, 0.1) is 29.9 Å². The van der Waals surface area contributed by atoms with Crippen LogP contribution in [0.2, 0.25) is 0 Å². The second kappa shape index (κ2) is 16.4. The molecule has 3 fully saturated rings. The van der Waals surface area contributed by atoms with E-state index >= 15 is 0 Å². The van der Waals surface area contributed by atoms with Gasteiger partial charge in [0.1, 0.15) is 35.2 Å². The summed E-state index contributed by atoms with van der Waals surface area (Å²) in [6.45, 7) is 8.57. The SMILES string of the molecule is COc1ccc2nc(C(C)C)c(OC3CC4C(=O)NC5(C(=O)NS(=O)(=O)C6CC6)CC5C=CCCC(C)CC(C)C(NC(=O)OC(C)(C)C(F)(F)F)C(=O)N4C3)nc2c1. The first-order valence-corrected chi connectivity index (χ1v) is 21.5. The molecule has 0 radical (unpaired) electrons. The van der Waals surface area contributed by atoms with Crippen molar-refractivity contribution in [1.29, 1.82) is 0 Å². The van der Waals surface area contributed by atoms with E-state index in [-0.39, 0.29) is 37.1 Å². The number of alkyl carbamates (subject to hydrolysis) is 1. The fourth-order valence-electron chi connectivity index (χ4n) is 7.72. The molecule has 4 aliphatic rings. The van der Waals surface area contributed by atoms with Crippen LogP contribution in [0.1, 0.15) is 98.1 Å². The molecule has 3 N–H and O–H groups in total. The molecule has 2 aliphatic carbocycles. The molecule has 2 aliphatic heterocycles. The topological polar surface area (TPSA) is 195 Å². The van der Waals surface area contributed by atoms with Gasteiger partial charge in [0.25, 0.3) is 5.91 Å². The molecule has 19 heteroatoms. The Morgan fingerprint density at radius 1 is 1.05 bits per heavy atom. The van der Waals surface area contributed by atoms with Gasteiger partial charge in [0, 0.05) is 24.3 Å². The van der Waals surface area contributed by atoms with Gasteiger partial charge in [-0.15, -0.1) is 0 Å². The summed E-state index contributed by atoms with van der Waals surface area (Å²) in [4.78, 5) is 67.0. The monoisotopic (exact) mass is 850 g/mol. The number of nitrogens with one attached hydrogen (secondary N) is 3. The molecule has 2 saturated carbocycles. The van der Waals surface area contributed by atoms with Gasteiger partial charge in [0.15, 0.2) is 0 Å². The number of hydrogen-bond donors (Lipinski definition) is 3. The van der Waals surface area contributed by atoms with Crippen LogP contribution in [0.4, 0.5) is 18.0 Å². The maximum Gasteiger partial charge on any atom is 0.427 e. The van der Waals surface area contributed by atoms with Gasteiger partial charge in [-0.3, -0.25) is 19.1 Å². The highest BCUT2D eigenvalue weighted by Gasteiger charge is 2.62. The van der Waals surface area contributed by atoms with Crippen molar-refractivity contribution in [2.75, 3.05) is 13.7 Å². The average molecular weight is 851 g/mol. The summed E-state index contributed by atoms with van der Waals surface area (Å²) in [6, 6.07) is 2.40. The van der Waals surface area contributed by atoms with Crippen LogP contribution in [0.15, 0.2) is 30.4 Å². The van der Waals surface area contributed by atoms with Crippen molar-refractivity contribution in [2.24, 2.45) is 17.8 Å². The lowest BCUT2D eigenvalue weighted by atomic mass is 9.88. The summed E-state index contributed by atoms with van der Waals surface area (Å²) in [6.07, 6.45) is -1.34. The molecule has 1 saturated heterocycles. The van der Waals surface area contributed by atoms with Gasteiger partial charge in [-0.2, -0.15) is 13.2 Å². The molecule has 2 aromatic rings. The van der Waals surface area contributed by atoms with Crippen LogP contribution in [0.3, 0.4) is 0 Å². The molecule has 1 aromatic carbocycles. The molecule has 4 amide bonds. The first-order valence-electron chi connectivity index (χ1n) is 20.0. The lowest BCUT2D eigenvalue weighted by Gasteiger charge is -2.34. The molecular formula is C40H53F3N6O9S. The number of aromatic nitrogens is 2. The number of carbonyl (C=O) groups excluding carboxylic acids is 4. The van der Waals surface area contributed by atoms with Gasteiger partial charge >= 0.3 is 12.3 Å². The second-order valence-corrected chi connectivity index (χ2v) is 19.2. The van der Waals surface area contributed by atoms with Gasteiger partial charge < -0.3 is 29.7 Å². The lowest BCUT2D eigenvalue weighted by molar-refractivity contribution is -0.244. The molecule has 0 bridgehead atoms. The summed E-state index contributed by atoms with van der Waals surface area (Å²) in [5.74, 6) is -3.19. The summed E-state index contributed by atoms with van der Waals surface area (Å²) in [5.41, 5.74) is -2.99. The van der Waals surface area contributed by atoms with E-state index in [4.69, 9.17) is 24.2 Å². The van der Waals surface area contributed by atoms with Crippen LogP contribution in [0, 0.1) is 17.8 Å². The molecule has 7 atom stereocenters. The standard InChI is InChI=1S/C40H53F3N6O9S/c1-21(2)31-34(45-29-17-25(56-7)12-15-28(29)44-31)57-26-18-30-33(50)47-39(36(52)48-59(54,55)27-13-14-27)19-24(39)11-9-8-10-22(3)16-23(4)32(35(51)49(30)20-26)46-37(53)58-38(5,6)40(41,42)43/h9,11-12,15,17,21-24,26-27,30,32H,8,10,13-14,16,18-20H2,1-7H3,(H,46,53)(H,47,50)(H,48,52). The molecule has 324 valence electrons. The zero-order valence-electron chi connectivity index (χ0n) is 34.2. The minimum atomic E-state index is -4.92. The number of sulfonamides is 1. The van der Waals surface area contributed by atoms with Crippen LogP contribution < -0.4 is 24.8 Å². The predicted octanol–water partition coefficient (Wildman–Crippen LogP) is 5.04. The Hall–Kier alpha value is -4.68. The quantitative estimate of drug-likeness (QED) is 0.286. The molecule has 3 heterocycles. The minimum absolute atomic E-state index is 0.0415. The Labute approximate surface area is 341 Å². The van der Waals surface area contributed by atoms with Crippen molar-refractivity contribution in [3.63, 3.8) is 0 Å². The van der Waals surface area contributed by atoms with E-state index in [2.05, 4.69) is 15.4 Å². The minimum Gasteiger partial charge on any atom is -0.497 e. The predicted molar refractivity (Wildman–Crippen MR) is 209 cm³/mol. The summed E-state index contributed by atoms with van der Waals surface area (Å²) >= 11 is 0. The van der Waals surface area contributed by atoms with Gasteiger partial charge in [-0.25, -0.2) is 23.2 Å². The van der Waals surface area contributed by atoms with Gasteiger partial charge in [0.2, 0.25) is 33.3 Å². The Morgan fingerprint density at radius 2 is 1.76 bits per heavy atom. The third-order valence-corrected chi connectivity index (χ3v) is 13.4. The number of benzene rings is 1. The number of fused-ring (bicyclic) bond motifs is 3. The number of alkyl halides is 3. The summed E-state index contributed by atoms with van der Waals surface area (Å²) in [5, 5.41) is 4.47. The number of allylic oxidation sites excluding steroid dienone is 1. The first-order chi connectivity index (χ1) is 27.5. The van der Waals surface area contributed by atoms with Gasteiger partial charge in [-0.1, -0.05) is 39.8 Å². The number of carbonyl (C=O) groups is 4. The highest BCUT2D eigenvalue weighted by molar-refractivity contribution is 7.91. The highest BCUT2D eigenvalue weighted by Crippen LogP contribution is 2.46. The van der Waals surface area contributed by atoms with Crippen LogP contribution in [0.5, 0.6) is 11.6 Å². The normalized spacial score (nSPS) is 28.2. The van der Waals surface area contributed by atoms with E-state index in [1.807, 2.05) is 26.8 Å². The largest absolute Gasteiger partial charge is 0.497 e. The number of halogens is 3. The Balaban J connectivity index is 1.37. The number of hydrogen-bond acceptors (Lipinski definition) is 11. The number of rotatable bonds is 9. The molecule has 1 aromatic heterocycles. The van der Waals surface area contributed by atoms with Crippen LogP contribution in [-0.2, 0) is 29.1 Å².